The number of nitrogens with zero attached hydrogens (tertiary/aromatic N) is 2. The fraction of sp³-hybridized carbons (Fsp3) is 0.143. The number of carbonyl (C=O) groups is 1. The number of methoxy groups -OCH3 is 1. The Balaban J connectivity index is 2.11. The molecule has 1 heterocycles. The van der Waals surface area contributed by atoms with E-state index in [2.05, 4.69) is 15.6 Å². The van der Waals surface area contributed by atoms with E-state index < -0.39 is 22.3 Å². The third kappa shape index (κ3) is 4.13. The molecule has 0 bridgehead atoms. The lowest BCUT2D eigenvalue weighted by Crippen LogP contribution is -2.22. The molecule has 1 aromatic carbocycles. The number of halogens is 1. The Kier molecular flexibility index (Phi) is 5.03. The number of nitro benzene ring substituents is 1. The van der Waals surface area contributed by atoms with E-state index in [1.54, 1.807) is 18.2 Å². The second-order valence-electron chi connectivity index (χ2n) is 4.38. The molecule has 0 saturated carbocycles. The molecule has 2 N–H and O–H groups in total. The molecule has 2 rings (SSSR count). The molecule has 1 aromatic heterocycles. The van der Waals surface area contributed by atoms with Gasteiger partial charge in [0, 0.05) is 18.3 Å². The zero-order valence-electron chi connectivity index (χ0n) is 12.1. The number of benzene rings is 1. The Labute approximate surface area is 130 Å². The molecule has 2 aromatic rings. The van der Waals surface area contributed by atoms with E-state index >= 15 is 0 Å². The number of anilines is 2. The molecule has 0 saturated heterocycles. The van der Waals surface area contributed by atoms with Gasteiger partial charge in [0.25, 0.3) is 0 Å². The van der Waals surface area contributed by atoms with Crippen LogP contribution in [-0.2, 0) is 4.79 Å². The molecule has 0 fully saturated rings. The number of hydrogen-bond acceptors (Lipinski definition) is 6. The van der Waals surface area contributed by atoms with Crippen molar-refractivity contribution in [2.75, 3.05) is 24.3 Å². The topological polar surface area (TPSA) is 106 Å². The van der Waals surface area contributed by atoms with Crippen LogP contribution in [0.1, 0.15) is 0 Å². The van der Waals surface area contributed by atoms with Crippen molar-refractivity contribution in [3.63, 3.8) is 0 Å². The fourth-order valence-corrected chi connectivity index (χ4v) is 1.81. The van der Waals surface area contributed by atoms with Crippen LogP contribution in [0.5, 0.6) is 5.75 Å². The minimum Gasteiger partial charge on any atom is -0.497 e. The molecule has 1 amide bonds. The summed E-state index contributed by atoms with van der Waals surface area (Å²) < 4.78 is 18.6. The summed E-state index contributed by atoms with van der Waals surface area (Å²) in [5.74, 6) is -1.10. The summed E-state index contributed by atoms with van der Waals surface area (Å²) in [5.41, 5.74) is -0.903. The van der Waals surface area contributed by atoms with Crippen LogP contribution in [0, 0.1) is 15.9 Å². The lowest BCUT2D eigenvalue weighted by atomic mass is 10.2. The van der Waals surface area contributed by atoms with Gasteiger partial charge in [-0.1, -0.05) is 6.07 Å². The van der Waals surface area contributed by atoms with Crippen LogP contribution in [0.2, 0.25) is 0 Å². The first-order valence-electron chi connectivity index (χ1n) is 6.48. The molecule has 120 valence electrons. The highest BCUT2D eigenvalue weighted by Gasteiger charge is 2.22. The predicted molar refractivity (Wildman–Crippen MR) is 81.0 cm³/mol. The lowest BCUT2D eigenvalue weighted by molar-refractivity contribution is -0.386. The number of carbonyl (C=O) groups excluding carboxylic acids is 1. The van der Waals surface area contributed by atoms with Crippen LogP contribution in [0.25, 0.3) is 0 Å². The van der Waals surface area contributed by atoms with E-state index in [1.807, 2.05) is 0 Å². The van der Waals surface area contributed by atoms with Gasteiger partial charge in [0.05, 0.1) is 18.6 Å². The third-order valence-corrected chi connectivity index (χ3v) is 2.83. The largest absolute Gasteiger partial charge is 0.497 e. The molecule has 0 aliphatic heterocycles. The van der Waals surface area contributed by atoms with Gasteiger partial charge in [-0.15, -0.1) is 0 Å². The second kappa shape index (κ2) is 7.16. The van der Waals surface area contributed by atoms with Crippen LogP contribution >= 0.6 is 0 Å². The van der Waals surface area contributed by atoms with Crippen molar-refractivity contribution in [1.82, 2.24) is 4.98 Å². The lowest BCUT2D eigenvalue weighted by Gasteiger charge is -2.10. The quantitative estimate of drug-likeness (QED) is 0.624. The van der Waals surface area contributed by atoms with Crippen molar-refractivity contribution in [3.8, 4) is 5.75 Å². The Morgan fingerprint density at radius 3 is 2.83 bits per heavy atom. The standard InChI is InChI=1S/C14H13FN4O4/c1-23-9-6-10(15)14(19(21)22)11(7-9)17-8-13(20)18-12-4-2-3-5-16-12/h2-7,17H,8H2,1H3,(H,16,18,20). The Morgan fingerprint density at radius 2 is 2.22 bits per heavy atom. The number of aromatic nitrogens is 1. The maximum Gasteiger partial charge on any atom is 0.327 e. The summed E-state index contributed by atoms with van der Waals surface area (Å²) in [6, 6.07) is 7.12. The van der Waals surface area contributed by atoms with Crippen LogP contribution in [-0.4, -0.2) is 29.5 Å². The number of rotatable bonds is 6. The van der Waals surface area contributed by atoms with E-state index in [1.165, 1.54) is 19.4 Å². The predicted octanol–water partition coefficient (Wildman–Crippen LogP) is 2.19. The highest BCUT2D eigenvalue weighted by molar-refractivity contribution is 5.93. The Hall–Kier alpha value is -3.23. The van der Waals surface area contributed by atoms with Gasteiger partial charge in [0.15, 0.2) is 0 Å². The Morgan fingerprint density at radius 1 is 1.43 bits per heavy atom. The average Bonchev–Trinajstić information content (AvgIpc) is 2.52. The van der Waals surface area contributed by atoms with Crippen LogP contribution < -0.4 is 15.4 Å². The van der Waals surface area contributed by atoms with Crippen LogP contribution in [0.3, 0.4) is 0 Å². The summed E-state index contributed by atoms with van der Waals surface area (Å²) >= 11 is 0. The maximum absolute atomic E-state index is 13.7. The zero-order valence-corrected chi connectivity index (χ0v) is 12.1. The molecule has 9 heteroatoms. The van der Waals surface area contributed by atoms with E-state index in [0.29, 0.717) is 5.82 Å². The Bertz CT molecular complexity index is 724. The normalized spacial score (nSPS) is 10.0. The van der Waals surface area contributed by atoms with Crippen molar-refractivity contribution in [3.05, 3.63) is 52.5 Å². The molecule has 23 heavy (non-hydrogen) atoms. The van der Waals surface area contributed by atoms with Gasteiger partial charge >= 0.3 is 5.69 Å². The van der Waals surface area contributed by atoms with Crippen molar-refractivity contribution >= 4 is 23.1 Å². The molecule has 0 aliphatic carbocycles. The molecule has 0 unspecified atom stereocenters. The first-order chi connectivity index (χ1) is 11.0. The first-order valence-corrected chi connectivity index (χ1v) is 6.48. The zero-order chi connectivity index (χ0) is 16.8. The van der Waals surface area contributed by atoms with E-state index in [0.717, 1.165) is 6.07 Å². The van der Waals surface area contributed by atoms with E-state index in [-0.39, 0.29) is 18.0 Å². The van der Waals surface area contributed by atoms with Gasteiger partial charge in [-0.05, 0) is 12.1 Å². The molecule has 8 nitrogen and oxygen atoms in total. The first kappa shape index (κ1) is 16.1. The number of nitro groups is 1. The van der Waals surface area contributed by atoms with Crippen molar-refractivity contribution < 1.29 is 18.8 Å². The highest BCUT2D eigenvalue weighted by Crippen LogP contribution is 2.32. The highest BCUT2D eigenvalue weighted by atomic mass is 19.1. The minimum atomic E-state index is -1.05. The van der Waals surface area contributed by atoms with E-state index in [4.69, 9.17) is 4.74 Å². The minimum absolute atomic E-state index is 0.0979. The summed E-state index contributed by atoms with van der Waals surface area (Å²) in [7, 11) is 1.30. The van der Waals surface area contributed by atoms with Gasteiger partial charge in [-0.3, -0.25) is 14.9 Å². The van der Waals surface area contributed by atoms with Gasteiger partial charge in [-0.2, -0.15) is 4.39 Å². The third-order valence-electron chi connectivity index (χ3n) is 2.83. The van der Waals surface area contributed by atoms with Gasteiger partial charge in [0.1, 0.15) is 17.3 Å². The second-order valence-corrected chi connectivity index (χ2v) is 4.38. The number of amides is 1. The van der Waals surface area contributed by atoms with Crippen molar-refractivity contribution in [2.45, 2.75) is 0 Å². The molecule has 0 spiro atoms. The average molecular weight is 320 g/mol. The molecule has 0 aliphatic rings. The molecule has 0 radical (unpaired) electrons. The molecular formula is C14H13FN4O4. The van der Waals surface area contributed by atoms with Crippen LogP contribution in [0.15, 0.2) is 36.5 Å². The fourth-order valence-electron chi connectivity index (χ4n) is 1.81. The summed E-state index contributed by atoms with van der Waals surface area (Å²) in [4.78, 5) is 25.8. The van der Waals surface area contributed by atoms with Gasteiger partial charge in [-0.25, -0.2) is 4.98 Å². The SMILES string of the molecule is COc1cc(F)c([N+](=O)[O-])c(NCC(=O)Nc2ccccn2)c1. The smallest absolute Gasteiger partial charge is 0.327 e. The number of hydrogen-bond donors (Lipinski definition) is 2. The number of nitrogens with one attached hydrogen (secondary N) is 2. The van der Waals surface area contributed by atoms with Crippen molar-refractivity contribution in [2.24, 2.45) is 0 Å². The van der Waals surface area contributed by atoms with Gasteiger partial charge < -0.3 is 15.4 Å². The molecule has 0 atom stereocenters. The number of pyridine rings is 1. The van der Waals surface area contributed by atoms with Crippen molar-refractivity contribution in [1.29, 1.82) is 0 Å². The summed E-state index contributed by atoms with van der Waals surface area (Å²) in [6.45, 7) is -0.302. The summed E-state index contributed by atoms with van der Waals surface area (Å²) in [5, 5.41) is 16.0. The maximum atomic E-state index is 13.7. The van der Waals surface area contributed by atoms with Crippen LogP contribution in [0.4, 0.5) is 21.6 Å². The monoisotopic (exact) mass is 320 g/mol. The summed E-state index contributed by atoms with van der Waals surface area (Å²) in [6.07, 6.45) is 1.51. The van der Waals surface area contributed by atoms with Gasteiger partial charge in [0.2, 0.25) is 11.7 Å². The molecular weight excluding hydrogens is 307 g/mol. The van der Waals surface area contributed by atoms with E-state index in [9.17, 15) is 19.3 Å². The number of ether oxygens (including phenoxy) is 1.